The number of benzene rings is 1. The summed E-state index contributed by atoms with van der Waals surface area (Å²) in [5.74, 6) is -1.48. The van der Waals surface area contributed by atoms with Crippen molar-refractivity contribution >= 4 is 11.9 Å². The van der Waals surface area contributed by atoms with E-state index in [9.17, 15) is 9.59 Å². The molecule has 0 fully saturated rings. The number of carboxylic acids is 1. The Kier molecular flexibility index (Phi) is 3.85. The van der Waals surface area contributed by atoms with E-state index in [4.69, 9.17) is 9.84 Å². The maximum Gasteiger partial charge on any atom is 0.307 e. The molecule has 80 valence electrons. The fourth-order valence-corrected chi connectivity index (χ4v) is 1.25. The van der Waals surface area contributed by atoms with Gasteiger partial charge in [-0.05, 0) is 5.56 Å². The third kappa shape index (κ3) is 3.81. The smallest absolute Gasteiger partial charge is 0.307 e. The Labute approximate surface area is 87.5 Å². The maximum absolute atomic E-state index is 10.8. The molecule has 0 saturated heterocycles. The first kappa shape index (κ1) is 11.2. The quantitative estimate of drug-likeness (QED) is 0.766. The van der Waals surface area contributed by atoms with Crippen LogP contribution in [0.2, 0.25) is 0 Å². The van der Waals surface area contributed by atoms with Gasteiger partial charge in [-0.1, -0.05) is 30.3 Å². The first-order valence-corrected chi connectivity index (χ1v) is 4.53. The van der Waals surface area contributed by atoms with Gasteiger partial charge in [-0.15, -0.1) is 0 Å². The summed E-state index contributed by atoms with van der Waals surface area (Å²) in [6.07, 6.45) is -0.926. The first-order valence-electron chi connectivity index (χ1n) is 4.53. The Bertz CT molecular complexity index is 329. The van der Waals surface area contributed by atoms with Crippen LogP contribution in [0.3, 0.4) is 0 Å². The van der Waals surface area contributed by atoms with Crippen molar-refractivity contribution in [1.29, 1.82) is 0 Å². The molecule has 1 unspecified atom stereocenters. The number of carbonyl (C=O) groups is 2. The van der Waals surface area contributed by atoms with Crippen molar-refractivity contribution < 1.29 is 19.4 Å². The van der Waals surface area contributed by atoms with Crippen molar-refractivity contribution in [3.8, 4) is 0 Å². The van der Waals surface area contributed by atoms with E-state index in [1.807, 2.05) is 6.07 Å². The summed E-state index contributed by atoms with van der Waals surface area (Å²) in [5, 5.41) is 8.67. The fraction of sp³-hybridized carbons (Fsp3) is 0.273. The largest absolute Gasteiger partial charge is 0.481 e. The molecule has 4 nitrogen and oxygen atoms in total. The van der Waals surface area contributed by atoms with Gasteiger partial charge in [0.1, 0.15) is 6.10 Å². The molecule has 0 aliphatic rings. The monoisotopic (exact) mass is 208 g/mol. The van der Waals surface area contributed by atoms with Gasteiger partial charge in [0.2, 0.25) is 0 Å². The van der Waals surface area contributed by atoms with Crippen molar-refractivity contribution in [2.24, 2.45) is 0 Å². The minimum Gasteiger partial charge on any atom is -0.481 e. The lowest BCUT2D eigenvalue weighted by molar-refractivity contribution is -0.151. The first-order chi connectivity index (χ1) is 7.09. The van der Waals surface area contributed by atoms with Gasteiger partial charge in [0.25, 0.3) is 0 Å². The van der Waals surface area contributed by atoms with Crippen molar-refractivity contribution in [3.63, 3.8) is 0 Å². The van der Waals surface area contributed by atoms with Crippen LogP contribution in [-0.4, -0.2) is 17.0 Å². The van der Waals surface area contributed by atoms with Crippen molar-refractivity contribution in [1.82, 2.24) is 0 Å². The number of carboxylic acid groups (broad SMARTS) is 1. The number of ether oxygens (including phenoxy) is 1. The molecule has 0 aromatic heterocycles. The molecular weight excluding hydrogens is 196 g/mol. The predicted molar refractivity (Wildman–Crippen MR) is 53.2 cm³/mol. The molecule has 15 heavy (non-hydrogen) atoms. The second-order valence-electron chi connectivity index (χ2n) is 3.11. The number of aliphatic carboxylic acids is 1. The lowest BCUT2D eigenvalue weighted by Crippen LogP contribution is -2.12. The van der Waals surface area contributed by atoms with Gasteiger partial charge in [0, 0.05) is 6.92 Å². The molecule has 1 aromatic rings. The van der Waals surface area contributed by atoms with Gasteiger partial charge in [-0.3, -0.25) is 9.59 Å². The minimum atomic E-state index is -0.995. The number of hydrogen-bond donors (Lipinski definition) is 1. The zero-order valence-electron chi connectivity index (χ0n) is 8.34. The van der Waals surface area contributed by atoms with Crippen LogP contribution in [0.4, 0.5) is 0 Å². The second-order valence-corrected chi connectivity index (χ2v) is 3.11. The van der Waals surface area contributed by atoms with E-state index in [-0.39, 0.29) is 6.42 Å². The number of carbonyl (C=O) groups excluding carboxylic acids is 1. The Morgan fingerprint density at radius 2 is 1.93 bits per heavy atom. The van der Waals surface area contributed by atoms with E-state index in [1.165, 1.54) is 6.92 Å². The molecule has 1 N–H and O–H groups in total. The van der Waals surface area contributed by atoms with Gasteiger partial charge in [0.15, 0.2) is 0 Å². The molecule has 0 aliphatic heterocycles. The summed E-state index contributed by atoms with van der Waals surface area (Å²) in [6, 6.07) is 8.82. The standard InChI is InChI=1S/C11H12O4/c1-8(12)15-10(7-11(13)14)9-5-3-2-4-6-9/h2-6,10H,7H2,1H3,(H,13,14). The van der Waals surface area contributed by atoms with Crippen LogP contribution >= 0.6 is 0 Å². The second kappa shape index (κ2) is 5.14. The molecule has 0 radical (unpaired) electrons. The molecule has 0 saturated carbocycles. The van der Waals surface area contributed by atoms with Crippen LogP contribution in [0.5, 0.6) is 0 Å². The Morgan fingerprint density at radius 1 is 1.33 bits per heavy atom. The van der Waals surface area contributed by atoms with E-state index in [2.05, 4.69) is 0 Å². The Balaban J connectivity index is 2.81. The third-order valence-electron chi connectivity index (χ3n) is 1.84. The summed E-state index contributed by atoms with van der Waals surface area (Å²) in [4.78, 5) is 21.4. The summed E-state index contributed by atoms with van der Waals surface area (Å²) in [7, 11) is 0. The summed E-state index contributed by atoms with van der Waals surface area (Å²) in [5.41, 5.74) is 0.690. The number of esters is 1. The summed E-state index contributed by atoms with van der Waals surface area (Å²) >= 11 is 0. The lowest BCUT2D eigenvalue weighted by atomic mass is 10.1. The SMILES string of the molecule is CC(=O)OC(CC(=O)O)c1ccccc1. The average molecular weight is 208 g/mol. The fourth-order valence-electron chi connectivity index (χ4n) is 1.25. The average Bonchev–Trinajstić information content (AvgIpc) is 2.17. The molecule has 0 spiro atoms. The molecule has 1 aromatic carbocycles. The molecule has 0 amide bonds. The highest BCUT2D eigenvalue weighted by molar-refractivity contribution is 5.70. The highest BCUT2D eigenvalue weighted by Crippen LogP contribution is 2.20. The summed E-state index contributed by atoms with van der Waals surface area (Å²) in [6.45, 7) is 1.26. The van der Waals surface area contributed by atoms with E-state index < -0.39 is 18.0 Å². The van der Waals surface area contributed by atoms with E-state index in [1.54, 1.807) is 24.3 Å². The molecule has 0 aliphatic carbocycles. The molecule has 1 rings (SSSR count). The van der Waals surface area contributed by atoms with Crippen molar-refractivity contribution in [3.05, 3.63) is 35.9 Å². The lowest BCUT2D eigenvalue weighted by Gasteiger charge is -2.14. The minimum absolute atomic E-state index is 0.219. The Morgan fingerprint density at radius 3 is 2.40 bits per heavy atom. The third-order valence-corrected chi connectivity index (χ3v) is 1.84. The van der Waals surface area contributed by atoms with Crippen LogP contribution in [0.1, 0.15) is 25.0 Å². The topological polar surface area (TPSA) is 63.6 Å². The van der Waals surface area contributed by atoms with Gasteiger partial charge >= 0.3 is 11.9 Å². The number of hydrogen-bond acceptors (Lipinski definition) is 3. The Hall–Kier alpha value is -1.84. The van der Waals surface area contributed by atoms with Gasteiger partial charge in [0.05, 0.1) is 6.42 Å². The number of rotatable bonds is 4. The van der Waals surface area contributed by atoms with E-state index in [0.29, 0.717) is 5.56 Å². The highest BCUT2D eigenvalue weighted by atomic mass is 16.5. The van der Waals surface area contributed by atoms with Crippen LogP contribution in [0.15, 0.2) is 30.3 Å². The zero-order valence-corrected chi connectivity index (χ0v) is 8.34. The van der Waals surface area contributed by atoms with E-state index >= 15 is 0 Å². The zero-order chi connectivity index (χ0) is 11.3. The van der Waals surface area contributed by atoms with E-state index in [0.717, 1.165) is 0 Å². The maximum atomic E-state index is 10.8. The molecule has 4 heteroatoms. The molecule has 1 atom stereocenters. The highest BCUT2D eigenvalue weighted by Gasteiger charge is 2.17. The molecule has 0 heterocycles. The van der Waals surface area contributed by atoms with Gasteiger partial charge < -0.3 is 9.84 Å². The van der Waals surface area contributed by atoms with Crippen LogP contribution in [0.25, 0.3) is 0 Å². The summed E-state index contributed by atoms with van der Waals surface area (Å²) < 4.78 is 4.93. The van der Waals surface area contributed by atoms with Crippen molar-refractivity contribution in [2.45, 2.75) is 19.4 Å². The molecular formula is C11H12O4. The molecule has 0 bridgehead atoms. The normalized spacial score (nSPS) is 11.8. The van der Waals surface area contributed by atoms with Crippen LogP contribution in [0, 0.1) is 0 Å². The van der Waals surface area contributed by atoms with Crippen molar-refractivity contribution in [2.75, 3.05) is 0 Å². The van der Waals surface area contributed by atoms with Gasteiger partial charge in [-0.25, -0.2) is 0 Å². The van der Waals surface area contributed by atoms with Crippen LogP contribution < -0.4 is 0 Å². The van der Waals surface area contributed by atoms with Crippen LogP contribution in [-0.2, 0) is 14.3 Å². The predicted octanol–water partition coefficient (Wildman–Crippen LogP) is 1.77. The van der Waals surface area contributed by atoms with Gasteiger partial charge in [-0.2, -0.15) is 0 Å².